The monoisotopic (exact) mass is 371 g/mol. The fourth-order valence-electron chi connectivity index (χ4n) is 2.20. The number of carbonyl (C=O) groups is 1. The van der Waals surface area contributed by atoms with E-state index in [0.29, 0.717) is 11.0 Å². The van der Waals surface area contributed by atoms with Crippen LogP contribution in [0.4, 0.5) is 13.2 Å². The van der Waals surface area contributed by atoms with Gasteiger partial charge in [-0.2, -0.15) is 13.2 Å². The fraction of sp³-hybridized carbons (Fsp3) is 0.562. The molecule has 2 heterocycles. The lowest BCUT2D eigenvalue weighted by Gasteiger charge is -2.32. The van der Waals surface area contributed by atoms with E-state index in [9.17, 15) is 18.0 Å². The number of hydrogen-bond acceptors (Lipinski definition) is 5. The number of nitrogens with one attached hydrogen (secondary N) is 1. The van der Waals surface area contributed by atoms with Crippen LogP contribution in [0.25, 0.3) is 6.08 Å². The molecule has 2 rings (SSSR count). The van der Waals surface area contributed by atoms with Gasteiger partial charge in [-0.05, 0) is 33.2 Å². The molecule has 0 radical (unpaired) electrons. The smallest absolute Gasteiger partial charge is 0.400 e. The molecule has 10 heteroatoms. The number of halogens is 3. The minimum Gasteiger partial charge on any atom is -0.400 e. The van der Waals surface area contributed by atoms with Crippen LogP contribution in [0.1, 0.15) is 46.0 Å². The molecule has 0 unspecified atom stereocenters. The molecule has 0 saturated carbocycles. The quantitative estimate of drug-likeness (QED) is 0.824. The Kier molecular flexibility index (Phi) is 5.48. The van der Waals surface area contributed by atoms with Gasteiger partial charge >= 0.3 is 13.3 Å². The maximum atomic E-state index is 12.6. The number of aromatic nitrogens is 2. The predicted molar refractivity (Wildman–Crippen MR) is 89.8 cm³/mol. The molecule has 0 spiro atoms. The molecule has 1 N–H and O–H groups in total. The SMILES string of the molecule is CC(=O)NCC(=Cc1cnc(C(F)(F)F)nc1)B1OC(C)(C)C(C)(C)O1. The summed E-state index contributed by atoms with van der Waals surface area (Å²) in [7, 11) is -0.755. The van der Waals surface area contributed by atoms with Crippen LogP contribution in [0.2, 0.25) is 0 Å². The van der Waals surface area contributed by atoms with Crippen LogP contribution in [0.15, 0.2) is 17.9 Å². The average Bonchev–Trinajstić information content (AvgIpc) is 2.71. The van der Waals surface area contributed by atoms with Gasteiger partial charge in [0.05, 0.1) is 11.2 Å². The first-order chi connectivity index (χ1) is 11.8. The highest BCUT2D eigenvalue weighted by molar-refractivity contribution is 6.56. The van der Waals surface area contributed by atoms with Crippen molar-refractivity contribution in [2.75, 3.05) is 6.54 Å². The first kappa shape index (κ1) is 20.4. The van der Waals surface area contributed by atoms with Crippen molar-refractivity contribution < 1.29 is 27.3 Å². The van der Waals surface area contributed by atoms with Gasteiger partial charge in [0, 0.05) is 31.4 Å². The first-order valence-corrected chi connectivity index (χ1v) is 8.01. The van der Waals surface area contributed by atoms with E-state index >= 15 is 0 Å². The Morgan fingerprint density at radius 3 is 2.12 bits per heavy atom. The van der Waals surface area contributed by atoms with Crippen molar-refractivity contribution in [1.82, 2.24) is 15.3 Å². The van der Waals surface area contributed by atoms with E-state index in [0.717, 1.165) is 12.4 Å². The van der Waals surface area contributed by atoms with Crippen LogP contribution in [-0.4, -0.2) is 40.7 Å². The van der Waals surface area contributed by atoms with Gasteiger partial charge in [0.2, 0.25) is 11.7 Å². The van der Waals surface area contributed by atoms with E-state index in [4.69, 9.17) is 9.31 Å². The zero-order valence-corrected chi connectivity index (χ0v) is 15.3. The van der Waals surface area contributed by atoms with E-state index in [2.05, 4.69) is 15.3 Å². The van der Waals surface area contributed by atoms with Gasteiger partial charge in [-0.1, -0.05) is 6.08 Å². The Morgan fingerprint density at radius 2 is 1.69 bits per heavy atom. The zero-order chi connectivity index (χ0) is 19.8. The van der Waals surface area contributed by atoms with E-state index in [1.165, 1.54) is 6.92 Å². The Bertz CT molecular complexity index is 687. The summed E-state index contributed by atoms with van der Waals surface area (Å²) < 4.78 is 49.6. The third-order valence-electron chi connectivity index (χ3n) is 4.37. The van der Waals surface area contributed by atoms with Crippen LogP contribution in [-0.2, 0) is 20.3 Å². The van der Waals surface area contributed by atoms with Gasteiger partial charge in [-0.15, -0.1) is 0 Å². The standard InChI is InChI=1S/C16H21BF3N3O3/c1-10(24)21-9-12(17-25-14(2,3)15(4,5)26-17)6-11-7-22-13(23-8-11)16(18,19)20/h6-8H,9H2,1-5H3,(H,21,24). The second-order valence-corrected chi connectivity index (χ2v) is 7.06. The average molecular weight is 371 g/mol. The number of amides is 1. The summed E-state index contributed by atoms with van der Waals surface area (Å²) in [6.45, 7) is 9.00. The second-order valence-electron chi connectivity index (χ2n) is 7.06. The number of carbonyl (C=O) groups excluding carboxylic acids is 1. The third kappa shape index (κ3) is 4.61. The Labute approximate surface area is 150 Å². The summed E-state index contributed by atoms with van der Waals surface area (Å²) in [6.07, 6.45) is -0.922. The molecule has 1 aliphatic rings. The summed E-state index contributed by atoms with van der Waals surface area (Å²) in [5, 5.41) is 2.65. The highest BCUT2D eigenvalue weighted by Crippen LogP contribution is 2.38. The summed E-state index contributed by atoms with van der Waals surface area (Å²) in [5.41, 5.74) is -0.303. The lowest BCUT2D eigenvalue weighted by Crippen LogP contribution is -2.41. The lowest BCUT2D eigenvalue weighted by atomic mass is 9.77. The van der Waals surface area contributed by atoms with Crippen LogP contribution in [0.3, 0.4) is 0 Å². The maximum absolute atomic E-state index is 12.6. The fourth-order valence-corrected chi connectivity index (χ4v) is 2.20. The maximum Gasteiger partial charge on any atom is 0.492 e. The Hall–Kier alpha value is -1.94. The Morgan fingerprint density at radius 1 is 1.19 bits per heavy atom. The van der Waals surface area contributed by atoms with Gasteiger partial charge in [0.15, 0.2) is 0 Å². The van der Waals surface area contributed by atoms with Crippen molar-refractivity contribution in [3.63, 3.8) is 0 Å². The predicted octanol–water partition coefficient (Wildman–Crippen LogP) is 2.65. The van der Waals surface area contributed by atoms with Crippen molar-refractivity contribution in [3.05, 3.63) is 29.3 Å². The minimum atomic E-state index is -4.60. The van der Waals surface area contributed by atoms with E-state index < -0.39 is 30.3 Å². The van der Waals surface area contributed by atoms with E-state index in [1.54, 1.807) is 6.08 Å². The summed E-state index contributed by atoms with van der Waals surface area (Å²) in [4.78, 5) is 17.9. The second kappa shape index (κ2) is 7.00. The van der Waals surface area contributed by atoms with Crippen molar-refractivity contribution in [1.29, 1.82) is 0 Å². The topological polar surface area (TPSA) is 73.3 Å². The lowest BCUT2D eigenvalue weighted by molar-refractivity contribution is -0.145. The molecule has 0 aliphatic carbocycles. The van der Waals surface area contributed by atoms with Crippen molar-refractivity contribution in [2.45, 2.75) is 52.0 Å². The molecular weight excluding hydrogens is 350 g/mol. The highest BCUT2D eigenvalue weighted by Gasteiger charge is 2.52. The first-order valence-electron chi connectivity index (χ1n) is 8.01. The van der Waals surface area contributed by atoms with Crippen molar-refractivity contribution >= 4 is 19.1 Å². The van der Waals surface area contributed by atoms with E-state index in [1.807, 2.05) is 27.7 Å². The molecule has 1 aromatic rings. The molecule has 0 atom stereocenters. The Balaban J connectivity index is 2.30. The molecule has 1 saturated heterocycles. The zero-order valence-electron chi connectivity index (χ0n) is 15.3. The molecule has 1 fully saturated rings. The molecule has 142 valence electrons. The highest BCUT2D eigenvalue weighted by atomic mass is 19.4. The molecule has 0 bridgehead atoms. The van der Waals surface area contributed by atoms with Crippen molar-refractivity contribution in [2.24, 2.45) is 0 Å². The summed E-state index contributed by atoms with van der Waals surface area (Å²) in [6, 6.07) is 0. The van der Waals surface area contributed by atoms with Crippen molar-refractivity contribution in [3.8, 4) is 0 Å². The van der Waals surface area contributed by atoms with Gasteiger partial charge in [-0.25, -0.2) is 9.97 Å². The third-order valence-corrected chi connectivity index (χ3v) is 4.37. The number of hydrogen-bond donors (Lipinski definition) is 1. The normalized spacial score (nSPS) is 19.5. The molecule has 6 nitrogen and oxygen atoms in total. The molecule has 26 heavy (non-hydrogen) atoms. The number of nitrogens with zero attached hydrogens (tertiary/aromatic N) is 2. The number of alkyl halides is 3. The van der Waals surface area contributed by atoms with E-state index in [-0.39, 0.29) is 12.5 Å². The molecule has 1 aromatic heterocycles. The molecular formula is C16H21BF3N3O3. The summed E-state index contributed by atoms with van der Waals surface area (Å²) in [5.74, 6) is -1.47. The largest absolute Gasteiger partial charge is 0.492 e. The van der Waals surface area contributed by atoms with Gasteiger partial charge in [0.1, 0.15) is 0 Å². The van der Waals surface area contributed by atoms with Crippen LogP contribution in [0.5, 0.6) is 0 Å². The summed E-state index contributed by atoms with van der Waals surface area (Å²) >= 11 is 0. The molecule has 0 aromatic carbocycles. The van der Waals surface area contributed by atoms with Gasteiger partial charge in [-0.3, -0.25) is 4.79 Å². The number of rotatable bonds is 4. The molecule has 1 amide bonds. The van der Waals surface area contributed by atoms with Gasteiger partial charge < -0.3 is 14.6 Å². The van der Waals surface area contributed by atoms with Crippen LogP contribution in [0, 0.1) is 0 Å². The minimum absolute atomic E-state index is 0.118. The molecule has 1 aliphatic heterocycles. The van der Waals surface area contributed by atoms with Crippen LogP contribution < -0.4 is 5.32 Å². The van der Waals surface area contributed by atoms with Gasteiger partial charge in [0.25, 0.3) is 0 Å². The van der Waals surface area contributed by atoms with Crippen LogP contribution >= 0.6 is 0 Å².